The van der Waals surface area contributed by atoms with Gasteiger partial charge in [-0.15, -0.1) is 0 Å². The van der Waals surface area contributed by atoms with Crippen molar-refractivity contribution in [3.05, 3.63) is 29.3 Å². The molecule has 0 bridgehead atoms. The quantitative estimate of drug-likeness (QED) is 0.755. The predicted octanol–water partition coefficient (Wildman–Crippen LogP) is 3.33. The van der Waals surface area contributed by atoms with E-state index < -0.39 is 13.0 Å². The number of methoxy groups -OCH3 is 1. The molecule has 0 amide bonds. The number of benzene rings is 1. The summed E-state index contributed by atoms with van der Waals surface area (Å²) < 4.78 is 34.8. The lowest BCUT2D eigenvalue weighted by atomic mass is 10.0. The molecule has 1 atom stereocenters. The van der Waals surface area contributed by atoms with Crippen LogP contribution >= 0.6 is 0 Å². The standard InChI is InChI=1S/C15H23F2NO2/c1-4-7-18-13(9-20-10-15(16)17)12-8-11(2)5-6-14(12)19-3/h5-6,8,13,15,18H,4,7,9-10H2,1-3H3. The molecule has 0 spiro atoms. The Bertz CT molecular complexity index is 399. The van der Waals surface area contributed by atoms with Crippen LogP contribution in [0.15, 0.2) is 18.2 Å². The number of ether oxygens (including phenoxy) is 2. The number of aryl methyl sites for hydroxylation is 1. The van der Waals surface area contributed by atoms with E-state index in [1.54, 1.807) is 7.11 Å². The molecule has 0 saturated heterocycles. The zero-order valence-electron chi connectivity index (χ0n) is 12.3. The molecule has 1 N–H and O–H groups in total. The fraction of sp³-hybridized carbons (Fsp3) is 0.600. The van der Waals surface area contributed by atoms with Crippen LogP contribution in [0, 0.1) is 6.92 Å². The monoisotopic (exact) mass is 287 g/mol. The molecule has 20 heavy (non-hydrogen) atoms. The van der Waals surface area contributed by atoms with Crippen LogP contribution in [-0.4, -0.2) is 33.3 Å². The number of halogens is 2. The van der Waals surface area contributed by atoms with Gasteiger partial charge in [0, 0.05) is 5.56 Å². The number of hydrogen-bond acceptors (Lipinski definition) is 3. The Morgan fingerprint density at radius 2 is 2.00 bits per heavy atom. The molecule has 114 valence electrons. The lowest BCUT2D eigenvalue weighted by Crippen LogP contribution is -2.27. The van der Waals surface area contributed by atoms with Crippen molar-refractivity contribution in [2.45, 2.75) is 32.7 Å². The Kier molecular flexibility index (Phi) is 7.47. The maximum Gasteiger partial charge on any atom is 0.261 e. The second-order valence-corrected chi connectivity index (χ2v) is 4.68. The predicted molar refractivity (Wildman–Crippen MR) is 75.6 cm³/mol. The third kappa shape index (κ3) is 5.43. The largest absolute Gasteiger partial charge is 0.496 e. The summed E-state index contributed by atoms with van der Waals surface area (Å²) in [4.78, 5) is 0. The average molecular weight is 287 g/mol. The van der Waals surface area contributed by atoms with Crippen molar-refractivity contribution >= 4 is 0 Å². The first-order valence-corrected chi connectivity index (χ1v) is 6.82. The summed E-state index contributed by atoms with van der Waals surface area (Å²) in [5, 5.41) is 3.31. The Morgan fingerprint density at radius 1 is 1.25 bits per heavy atom. The molecule has 0 heterocycles. The molecule has 0 aliphatic carbocycles. The van der Waals surface area contributed by atoms with Crippen LogP contribution in [0.5, 0.6) is 5.75 Å². The second-order valence-electron chi connectivity index (χ2n) is 4.68. The van der Waals surface area contributed by atoms with Crippen LogP contribution in [0.4, 0.5) is 8.78 Å². The van der Waals surface area contributed by atoms with Gasteiger partial charge >= 0.3 is 0 Å². The van der Waals surface area contributed by atoms with Crippen molar-refractivity contribution in [2.75, 3.05) is 26.9 Å². The molecule has 0 aliphatic heterocycles. The van der Waals surface area contributed by atoms with Gasteiger partial charge in [0.25, 0.3) is 6.43 Å². The zero-order chi connectivity index (χ0) is 15.0. The molecule has 0 aliphatic rings. The molecule has 0 aromatic heterocycles. The molecule has 1 rings (SSSR count). The number of hydrogen-bond donors (Lipinski definition) is 1. The van der Waals surface area contributed by atoms with Gasteiger partial charge in [0.15, 0.2) is 0 Å². The van der Waals surface area contributed by atoms with E-state index in [4.69, 9.17) is 9.47 Å². The Hall–Kier alpha value is -1.20. The van der Waals surface area contributed by atoms with Crippen LogP contribution in [0.25, 0.3) is 0 Å². The summed E-state index contributed by atoms with van der Waals surface area (Å²) in [5.74, 6) is 0.741. The first-order valence-electron chi connectivity index (χ1n) is 6.82. The van der Waals surface area contributed by atoms with E-state index in [-0.39, 0.29) is 12.6 Å². The first-order chi connectivity index (χ1) is 9.58. The van der Waals surface area contributed by atoms with E-state index in [0.29, 0.717) is 0 Å². The van der Waals surface area contributed by atoms with Crippen LogP contribution in [-0.2, 0) is 4.74 Å². The number of nitrogens with one attached hydrogen (secondary N) is 1. The Balaban J connectivity index is 2.82. The van der Waals surface area contributed by atoms with E-state index in [1.165, 1.54) is 0 Å². The van der Waals surface area contributed by atoms with Gasteiger partial charge in [-0.1, -0.05) is 24.6 Å². The third-order valence-electron chi connectivity index (χ3n) is 2.93. The molecule has 5 heteroatoms. The van der Waals surface area contributed by atoms with Crippen molar-refractivity contribution in [1.29, 1.82) is 0 Å². The van der Waals surface area contributed by atoms with Crippen LogP contribution in [0.1, 0.15) is 30.5 Å². The summed E-state index contributed by atoms with van der Waals surface area (Å²) in [6.45, 7) is 4.49. The summed E-state index contributed by atoms with van der Waals surface area (Å²) in [5.41, 5.74) is 2.04. The molecule has 1 aromatic rings. The molecular formula is C15H23F2NO2. The second kappa shape index (κ2) is 8.87. The van der Waals surface area contributed by atoms with Crippen molar-refractivity contribution < 1.29 is 18.3 Å². The summed E-state index contributed by atoms with van der Waals surface area (Å²) in [6.07, 6.45) is -1.49. The third-order valence-corrected chi connectivity index (χ3v) is 2.93. The van der Waals surface area contributed by atoms with Crippen molar-refractivity contribution in [3.63, 3.8) is 0 Å². The molecule has 1 unspecified atom stereocenters. The lowest BCUT2D eigenvalue weighted by molar-refractivity contribution is 0.00902. The topological polar surface area (TPSA) is 30.5 Å². The van der Waals surface area contributed by atoms with E-state index in [9.17, 15) is 8.78 Å². The lowest BCUT2D eigenvalue weighted by Gasteiger charge is -2.21. The van der Waals surface area contributed by atoms with E-state index in [2.05, 4.69) is 12.2 Å². The van der Waals surface area contributed by atoms with Crippen molar-refractivity contribution in [2.24, 2.45) is 0 Å². The van der Waals surface area contributed by atoms with Crippen LogP contribution in [0.2, 0.25) is 0 Å². The summed E-state index contributed by atoms with van der Waals surface area (Å²) in [7, 11) is 1.60. The fourth-order valence-corrected chi connectivity index (χ4v) is 1.98. The van der Waals surface area contributed by atoms with Gasteiger partial charge in [-0.2, -0.15) is 0 Å². The van der Waals surface area contributed by atoms with Gasteiger partial charge < -0.3 is 14.8 Å². The highest BCUT2D eigenvalue weighted by molar-refractivity contribution is 5.39. The maximum atomic E-state index is 12.2. The smallest absolute Gasteiger partial charge is 0.261 e. The zero-order valence-corrected chi connectivity index (χ0v) is 12.3. The highest BCUT2D eigenvalue weighted by Gasteiger charge is 2.17. The molecular weight excluding hydrogens is 264 g/mol. The van der Waals surface area contributed by atoms with Crippen LogP contribution in [0.3, 0.4) is 0 Å². The van der Waals surface area contributed by atoms with Gasteiger partial charge in [-0.05, 0) is 26.0 Å². The average Bonchev–Trinajstić information content (AvgIpc) is 2.42. The minimum Gasteiger partial charge on any atom is -0.496 e. The minimum atomic E-state index is -2.44. The van der Waals surface area contributed by atoms with Gasteiger partial charge in [0.2, 0.25) is 0 Å². The minimum absolute atomic E-state index is 0.149. The number of rotatable bonds is 9. The van der Waals surface area contributed by atoms with E-state index in [0.717, 1.165) is 29.8 Å². The van der Waals surface area contributed by atoms with E-state index >= 15 is 0 Å². The fourth-order valence-electron chi connectivity index (χ4n) is 1.98. The number of alkyl halides is 2. The Morgan fingerprint density at radius 3 is 2.60 bits per heavy atom. The molecule has 3 nitrogen and oxygen atoms in total. The maximum absolute atomic E-state index is 12.2. The van der Waals surface area contributed by atoms with Gasteiger partial charge in [-0.3, -0.25) is 0 Å². The summed E-state index contributed by atoms with van der Waals surface area (Å²) >= 11 is 0. The molecule has 0 saturated carbocycles. The normalized spacial score (nSPS) is 12.7. The van der Waals surface area contributed by atoms with E-state index in [1.807, 2.05) is 25.1 Å². The van der Waals surface area contributed by atoms with Gasteiger partial charge in [0.05, 0.1) is 19.8 Å². The summed E-state index contributed by atoms with van der Waals surface area (Å²) in [6, 6.07) is 5.69. The first kappa shape index (κ1) is 16.9. The highest BCUT2D eigenvalue weighted by atomic mass is 19.3. The molecule has 0 fully saturated rings. The van der Waals surface area contributed by atoms with Gasteiger partial charge in [0.1, 0.15) is 12.4 Å². The Labute approximate surface area is 119 Å². The molecule has 1 aromatic carbocycles. The SMILES string of the molecule is CCCNC(COCC(F)F)c1cc(C)ccc1OC. The van der Waals surface area contributed by atoms with Crippen molar-refractivity contribution in [1.82, 2.24) is 5.32 Å². The van der Waals surface area contributed by atoms with Gasteiger partial charge in [-0.25, -0.2) is 8.78 Å². The van der Waals surface area contributed by atoms with Crippen molar-refractivity contribution in [3.8, 4) is 5.75 Å². The van der Waals surface area contributed by atoms with Crippen LogP contribution < -0.4 is 10.1 Å². The highest BCUT2D eigenvalue weighted by Crippen LogP contribution is 2.26. The molecule has 0 radical (unpaired) electrons.